The first kappa shape index (κ1) is 18.4. The molecular formula is C23H27N5O. The molecule has 1 saturated carbocycles. The largest absolute Gasteiger partial charge is 0.384 e. The van der Waals surface area contributed by atoms with Gasteiger partial charge in [0.25, 0.3) is 0 Å². The summed E-state index contributed by atoms with van der Waals surface area (Å²) in [4.78, 5) is 5.33. The number of aryl methyl sites for hydroxylation is 1. The number of nitrogens with one attached hydrogen (secondary N) is 1. The van der Waals surface area contributed by atoms with Crippen molar-refractivity contribution in [1.29, 1.82) is 0 Å². The Morgan fingerprint density at radius 3 is 2.52 bits per heavy atom. The number of methoxy groups -OCH3 is 1. The number of fused-ring (bicyclic) bond motifs is 1. The van der Waals surface area contributed by atoms with E-state index in [0.29, 0.717) is 12.4 Å². The lowest BCUT2D eigenvalue weighted by molar-refractivity contribution is 0.0766. The van der Waals surface area contributed by atoms with E-state index >= 15 is 0 Å². The number of hydrogen-bond donors (Lipinski definition) is 1. The summed E-state index contributed by atoms with van der Waals surface area (Å²) in [5, 5.41) is 15.4. The SMILES string of the molecule is COCC1(c2nc3c(c(-c4ccccc4)c2-c2nn[nH]n2)CCCCC3)CCC1. The summed E-state index contributed by atoms with van der Waals surface area (Å²) < 4.78 is 5.69. The maximum atomic E-state index is 5.69. The van der Waals surface area contributed by atoms with Crippen LogP contribution in [0.5, 0.6) is 0 Å². The zero-order valence-corrected chi connectivity index (χ0v) is 16.9. The highest BCUT2D eigenvalue weighted by molar-refractivity contribution is 5.86. The van der Waals surface area contributed by atoms with Gasteiger partial charge in [0.1, 0.15) is 0 Å². The van der Waals surface area contributed by atoms with Gasteiger partial charge in [0, 0.05) is 18.2 Å². The second kappa shape index (κ2) is 7.67. The molecule has 0 unspecified atom stereocenters. The van der Waals surface area contributed by atoms with Crippen LogP contribution < -0.4 is 0 Å². The molecule has 6 nitrogen and oxygen atoms in total. The summed E-state index contributed by atoms with van der Waals surface area (Å²) in [6.45, 7) is 0.678. The highest BCUT2D eigenvalue weighted by atomic mass is 16.5. The van der Waals surface area contributed by atoms with Crippen molar-refractivity contribution in [2.75, 3.05) is 13.7 Å². The summed E-state index contributed by atoms with van der Waals surface area (Å²) in [5.74, 6) is 0.640. The topological polar surface area (TPSA) is 76.6 Å². The van der Waals surface area contributed by atoms with Crippen LogP contribution >= 0.6 is 0 Å². The lowest BCUT2D eigenvalue weighted by Gasteiger charge is -2.42. The predicted molar refractivity (Wildman–Crippen MR) is 112 cm³/mol. The van der Waals surface area contributed by atoms with Crippen molar-refractivity contribution in [1.82, 2.24) is 25.6 Å². The third-order valence-corrected chi connectivity index (χ3v) is 6.59. The average molecular weight is 390 g/mol. The van der Waals surface area contributed by atoms with Crippen LogP contribution in [0.15, 0.2) is 30.3 Å². The molecule has 0 amide bonds. The summed E-state index contributed by atoms with van der Waals surface area (Å²) >= 11 is 0. The highest BCUT2D eigenvalue weighted by Crippen LogP contribution is 2.50. The van der Waals surface area contributed by atoms with Gasteiger partial charge < -0.3 is 4.74 Å². The molecule has 0 bridgehead atoms. The van der Waals surface area contributed by atoms with Crippen molar-refractivity contribution in [3.05, 3.63) is 47.3 Å². The Morgan fingerprint density at radius 2 is 1.83 bits per heavy atom. The molecule has 1 N–H and O–H groups in total. The van der Waals surface area contributed by atoms with Crippen LogP contribution in [0.2, 0.25) is 0 Å². The van der Waals surface area contributed by atoms with Gasteiger partial charge in [-0.2, -0.15) is 5.21 Å². The minimum atomic E-state index is -0.0599. The van der Waals surface area contributed by atoms with E-state index < -0.39 is 0 Å². The molecule has 2 aromatic heterocycles. The minimum Gasteiger partial charge on any atom is -0.384 e. The van der Waals surface area contributed by atoms with Gasteiger partial charge >= 0.3 is 0 Å². The minimum absolute atomic E-state index is 0.0599. The van der Waals surface area contributed by atoms with E-state index in [4.69, 9.17) is 9.72 Å². The van der Waals surface area contributed by atoms with Crippen molar-refractivity contribution in [3.63, 3.8) is 0 Å². The molecule has 0 spiro atoms. The molecule has 2 aliphatic carbocycles. The Labute approximate surface area is 171 Å². The second-order valence-electron chi connectivity index (χ2n) is 8.36. The van der Waals surface area contributed by atoms with Gasteiger partial charge in [0.15, 0.2) is 0 Å². The van der Waals surface area contributed by atoms with Gasteiger partial charge in [0.2, 0.25) is 5.82 Å². The van der Waals surface area contributed by atoms with E-state index in [-0.39, 0.29) is 5.41 Å². The molecule has 6 heteroatoms. The first-order chi connectivity index (χ1) is 14.3. The standard InChI is InChI=1S/C23H27N5O/c1-29-15-23(13-8-14-23)21-20(22-25-27-28-26-22)19(16-9-4-2-5-10-16)17-11-6-3-7-12-18(17)24-21/h2,4-5,9-10H,3,6-8,11-15H2,1H3,(H,25,26,27,28). The van der Waals surface area contributed by atoms with Crippen LogP contribution in [-0.2, 0) is 23.0 Å². The van der Waals surface area contributed by atoms with Gasteiger partial charge in [-0.1, -0.05) is 43.2 Å². The molecular weight excluding hydrogens is 362 g/mol. The lowest BCUT2D eigenvalue weighted by Crippen LogP contribution is -2.40. The van der Waals surface area contributed by atoms with E-state index in [1.54, 1.807) is 7.11 Å². The number of rotatable bonds is 5. The summed E-state index contributed by atoms with van der Waals surface area (Å²) in [6, 6.07) is 10.7. The fourth-order valence-electron chi connectivity index (χ4n) is 5.04. The lowest BCUT2D eigenvalue weighted by atomic mass is 9.65. The summed E-state index contributed by atoms with van der Waals surface area (Å²) in [5.41, 5.74) is 7.16. The van der Waals surface area contributed by atoms with Crippen LogP contribution in [0.3, 0.4) is 0 Å². The van der Waals surface area contributed by atoms with Gasteiger partial charge in [0.05, 0.1) is 17.9 Å². The van der Waals surface area contributed by atoms with Crippen molar-refractivity contribution in [2.24, 2.45) is 0 Å². The Kier molecular flexibility index (Phi) is 4.87. The fraction of sp³-hybridized carbons (Fsp3) is 0.478. The Hall–Kier alpha value is -2.60. The fourth-order valence-corrected chi connectivity index (χ4v) is 5.04. The Balaban J connectivity index is 1.85. The number of pyridine rings is 1. The third-order valence-electron chi connectivity index (χ3n) is 6.59. The molecule has 2 heterocycles. The predicted octanol–water partition coefficient (Wildman–Crippen LogP) is 4.27. The number of nitrogens with zero attached hydrogens (tertiary/aromatic N) is 4. The normalized spacial score (nSPS) is 18.0. The maximum Gasteiger partial charge on any atom is 0.207 e. The molecule has 150 valence electrons. The molecule has 3 aromatic rings. The van der Waals surface area contributed by atoms with Crippen LogP contribution in [-0.4, -0.2) is 39.3 Å². The Bertz CT molecular complexity index is 980. The van der Waals surface area contributed by atoms with Crippen LogP contribution in [0, 0.1) is 0 Å². The number of H-pyrrole nitrogens is 1. The third kappa shape index (κ3) is 3.15. The second-order valence-corrected chi connectivity index (χ2v) is 8.36. The Morgan fingerprint density at radius 1 is 1.00 bits per heavy atom. The quantitative estimate of drug-likeness (QED) is 0.660. The zero-order chi connectivity index (χ0) is 19.7. The van der Waals surface area contributed by atoms with Crippen molar-refractivity contribution in [3.8, 4) is 22.5 Å². The first-order valence-electron chi connectivity index (χ1n) is 10.7. The van der Waals surface area contributed by atoms with E-state index in [1.165, 1.54) is 48.1 Å². The molecule has 0 radical (unpaired) electrons. The number of benzene rings is 1. The van der Waals surface area contributed by atoms with Crippen molar-refractivity contribution in [2.45, 2.75) is 56.8 Å². The molecule has 0 aliphatic heterocycles. The smallest absolute Gasteiger partial charge is 0.207 e. The van der Waals surface area contributed by atoms with E-state index in [2.05, 4.69) is 51.0 Å². The molecule has 5 rings (SSSR count). The number of hydrogen-bond acceptors (Lipinski definition) is 5. The first-order valence-corrected chi connectivity index (χ1v) is 10.7. The molecule has 1 aromatic carbocycles. The summed E-state index contributed by atoms with van der Waals surface area (Å²) in [7, 11) is 1.79. The van der Waals surface area contributed by atoms with Crippen molar-refractivity contribution >= 4 is 0 Å². The molecule has 1 fully saturated rings. The van der Waals surface area contributed by atoms with Gasteiger partial charge in [-0.15, -0.1) is 10.2 Å². The molecule has 0 atom stereocenters. The van der Waals surface area contributed by atoms with E-state index in [1.807, 2.05) is 0 Å². The molecule has 0 saturated heterocycles. The number of tetrazole rings is 1. The molecule has 29 heavy (non-hydrogen) atoms. The maximum absolute atomic E-state index is 5.69. The number of aromatic amines is 1. The van der Waals surface area contributed by atoms with Gasteiger partial charge in [-0.3, -0.25) is 4.98 Å². The van der Waals surface area contributed by atoms with Crippen molar-refractivity contribution < 1.29 is 4.74 Å². The highest BCUT2D eigenvalue weighted by Gasteiger charge is 2.44. The average Bonchev–Trinajstić information content (AvgIpc) is 3.15. The van der Waals surface area contributed by atoms with Crippen LogP contribution in [0.4, 0.5) is 0 Å². The van der Waals surface area contributed by atoms with Crippen LogP contribution in [0.1, 0.15) is 55.5 Å². The van der Waals surface area contributed by atoms with E-state index in [0.717, 1.165) is 36.9 Å². The number of aromatic nitrogens is 5. The molecule has 2 aliphatic rings. The van der Waals surface area contributed by atoms with Gasteiger partial charge in [-0.25, -0.2) is 0 Å². The zero-order valence-electron chi connectivity index (χ0n) is 16.9. The van der Waals surface area contributed by atoms with Crippen LogP contribution in [0.25, 0.3) is 22.5 Å². The summed E-state index contributed by atoms with van der Waals surface area (Å²) in [6.07, 6.45) is 9.12. The van der Waals surface area contributed by atoms with E-state index in [9.17, 15) is 0 Å². The van der Waals surface area contributed by atoms with Gasteiger partial charge in [-0.05, 0) is 60.4 Å². The monoisotopic (exact) mass is 389 g/mol. The number of ether oxygens (including phenoxy) is 1.